The number of benzene rings is 1. The van der Waals surface area contributed by atoms with Gasteiger partial charge >= 0.3 is 0 Å². The first-order chi connectivity index (χ1) is 12.8. The zero-order valence-corrected chi connectivity index (χ0v) is 17.0. The maximum Gasteiger partial charge on any atom is 0.161 e. The molecule has 1 saturated heterocycles. The van der Waals surface area contributed by atoms with E-state index < -0.39 is 6.10 Å². The highest BCUT2D eigenvalue weighted by molar-refractivity contribution is 5.49. The highest BCUT2D eigenvalue weighted by Crippen LogP contribution is 2.43. The molecule has 0 bridgehead atoms. The van der Waals surface area contributed by atoms with Crippen LogP contribution in [0.2, 0.25) is 0 Å². The number of piperidine rings is 1. The molecule has 0 amide bonds. The van der Waals surface area contributed by atoms with Gasteiger partial charge in [-0.2, -0.15) is 0 Å². The van der Waals surface area contributed by atoms with Gasteiger partial charge in [-0.1, -0.05) is 0 Å². The molecule has 1 aromatic carbocycles. The van der Waals surface area contributed by atoms with E-state index in [0.717, 1.165) is 43.5 Å². The second kappa shape index (κ2) is 7.26. The molecule has 2 aliphatic heterocycles. The van der Waals surface area contributed by atoms with Crippen LogP contribution in [0.4, 0.5) is 0 Å². The number of methoxy groups -OCH3 is 1. The van der Waals surface area contributed by atoms with Gasteiger partial charge in [0.15, 0.2) is 11.5 Å². The van der Waals surface area contributed by atoms with E-state index in [1.165, 1.54) is 24.0 Å². The van der Waals surface area contributed by atoms with E-state index in [1.54, 1.807) is 7.11 Å². The van der Waals surface area contributed by atoms with Crippen LogP contribution in [0.3, 0.4) is 0 Å². The molecule has 3 atom stereocenters. The maximum absolute atomic E-state index is 10.7. The SMILES string of the molecule is COc1cc2c(cc1OCC1CC1)CCN1CC(OC(C)(C)C)C(O)CC21. The summed E-state index contributed by atoms with van der Waals surface area (Å²) in [5.41, 5.74) is 2.35. The maximum atomic E-state index is 10.7. The van der Waals surface area contributed by atoms with Gasteiger partial charge < -0.3 is 19.3 Å². The molecule has 0 radical (unpaired) electrons. The quantitative estimate of drug-likeness (QED) is 0.855. The first kappa shape index (κ1) is 19.0. The molecule has 5 nitrogen and oxygen atoms in total. The summed E-state index contributed by atoms with van der Waals surface area (Å²) in [5, 5.41) is 10.7. The van der Waals surface area contributed by atoms with Gasteiger partial charge in [-0.25, -0.2) is 0 Å². The molecule has 0 aromatic heterocycles. The molecule has 2 heterocycles. The van der Waals surface area contributed by atoms with E-state index in [9.17, 15) is 5.11 Å². The van der Waals surface area contributed by atoms with Crippen LogP contribution in [0.1, 0.15) is 57.2 Å². The first-order valence-corrected chi connectivity index (χ1v) is 10.3. The summed E-state index contributed by atoms with van der Waals surface area (Å²) in [6.07, 6.45) is 3.66. The molecular weight excluding hydrogens is 342 g/mol. The number of aliphatic hydroxyl groups is 1. The van der Waals surface area contributed by atoms with Crippen molar-refractivity contribution in [1.29, 1.82) is 0 Å². The molecule has 1 aromatic rings. The lowest BCUT2D eigenvalue weighted by Crippen LogP contribution is -2.53. The van der Waals surface area contributed by atoms with E-state index in [1.807, 2.05) is 20.8 Å². The lowest BCUT2D eigenvalue weighted by atomic mass is 9.84. The van der Waals surface area contributed by atoms with Gasteiger partial charge in [0.25, 0.3) is 0 Å². The third-order valence-electron chi connectivity index (χ3n) is 5.88. The molecule has 2 fully saturated rings. The topological polar surface area (TPSA) is 51.2 Å². The van der Waals surface area contributed by atoms with Crippen LogP contribution in [-0.2, 0) is 11.2 Å². The fraction of sp³-hybridized carbons (Fsp3) is 0.727. The molecule has 3 aliphatic rings. The largest absolute Gasteiger partial charge is 0.493 e. The second-order valence-electron chi connectivity index (χ2n) is 9.29. The monoisotopic (exact) mass is 375 g/mol. The standard InChI is InChI=1S/C22H33NO4/c1-22(2,3)27-21-12-23-8-7-15-9-20(26-13-14-5-6-14)19(25-4)10-16(15)17(23)11-18(21)24/h9-10,14,17-18,21,24H,5-8,11-13H2,1-4H3. The highest BCUT2D eigenvalue weighted by Gasteiger charge is 2.40. The smallest absolute Gasteiger partial charge is 0.161 e. The predicted octanol–water partition coefficient (Wildman–Crippen LogP) is 3.33. The normalized spacial score (nSPS) is 28.4. The van der Waals surface area contributed by atoms with Gasteiger partial charge in [-0.3, -0.25) is 4.90 Å². The Morgan fingerprint density at radius 1 is 1.19 bits per heavy atom. The Morgan fingerprint density at radius 3 is 2.63 bits per heavy atom. The molecule has 150 valence electrons. The molecular formula is C22H33NO4. The third kappa shape index (κ3) is 4.25. The van der Waals surface area contributed by atoms with E-state index in [0.29, 0.717) is 6.42 Å². The molecule has 5 heteroatoms. The van der Waals surface area contributed by atoms with E-state index >= 15 is 0 Å². The summed E-state index contributed by atoms with van der Waals surface area (Å²) in [5.74, 6) is 2.38. The molecule has 1 N–H and O–H groups in total. The van der Waals surface area contributed by atoms with Crippen LogP contribution in [-0.4, -0.2) is 54.6 Å². The van der Waals surface area contributed by atoms with Crippen LogP contribution in [0.25, 0.3) is 0 Å². The van der Waals surface area contributed by atoms with Crippen LogP contribution < -0.4 is 9.47 Å². The van der Waals surface area contributed by atoms with Crippen molar-refractivity contribution in [2.24, 2.45) is 5.92 Å². The number of fused-ring (bicyclic) bond motifs is 3. The van der Waals surface area contributed by atoms with Crippen molar-refractivity contribution in [3.63, 3.8) is 0 Å². The fourth-order valence-electron chi connectivity index (χ4n) is 4.32. The van der Waals surface area contributed by atoms with Crippen LogP contribution in [0, 0.1) is 5.92 Å². The Bertz CT molecular complexity index is 680. The van der Waals surface area contributed by atoms with Gasteiger partial charge in [0.1, 0.15) is 0 Å². The summed E-state index contributed by atoms with van der Waals surface area (Å²) in [6.45, 7) is 8.69. The van der Waals surface area contributed by atoms with E-state index in [4.69, 9.17) is 14.2 Å². The Hall–Kier alpha value is -1.30. The highest BCUT2D eigenvalue weighted by atomic mass is 16.5. The number of rotatable bonds is 5. The summed E-state index contributed by atoms with van der Waals surface area (Å²) in [6, 6.07) is 4.51. The van der Waals surface area contributed by atoms with Gasteiger partial charge in [-0.05, 0) is 75.6 Å². The molecule has 1 saturated carbocycles. The van der Waals surface area contributed by atoms with Crippen LogP contribution >= 0.6 is 0 Å². The summed E-state index contributed by atoms with van der Waals surface area (Å²) in [7, 11) is 1.70. The molecule has 4 rings (SSSR count). The van der Waals surface area contributed by atoms with Crippen molar-refractivity contribution in [2.75, 3.05) is 26.8 Å². The number of ether oxygens (including phenoxy) is 3. The van der Waals surface area contributed by atoms with E-state index in [2.05, 4.69) is 17.0 Å². The van der Waals surface area contributed by atoms with E-state index in [-0.39, 0.29) is 17.7 Å². The van der Waals surface area contributed by atoms with Crippen molar-refractivity contribution >= 4 is 0 Å². The second-order valence-corrected chi connectivity index (χ2v) is 9.29. The van der Waals surface area contributed by atoms with Gasteiger partial charge in [0.2, 0.25) is 0 Å². The minimum Gasteiger partial charge on any atom is -0.493 e. The Morgan fingerprint density at radius 2 is 1.96 bits per heavy atom. The van der Waals surface area contributed by atoms with Crippen molar-refractivity contribution in [2.45, 2.75) is 70.3 Å². The minimum absolute atomic E-state index is 0.133. The summed E-state index contributed by atoms with van der Waals surface area (Å²) in [4.78, 5) is 2.45. The number of nitrogens with zero attached hydrogens (tertiary/aromatic N) is 1. The average Bonchev–Trinajstić information content (AvgIpc) is 3.43. The van der Waals surface area contributed by atoms with Crippen molar-refractivity contribution in [1.82, 2.24) is 4.90 Å². The van der Waals surface area contributed by atoms with Crippen LogP contribution in [0.15, 0.2) is 12.1 Å². The van der Waals surface area contributed by atoms with Crippen molar-refractivity contribution in [3.8, 4) is 11.5 Å². The average molecular weight is 376 g/mol. The molecule has 0 spiro atoms. The zero-order chi connectivity index (χ0) is 19.2. The predicted molar refractivity (Wildman–Crippen MR) is 104 cm³/mol. The van der Waals surface area contributed by atoms with Crippen molar-refractivity contribution < 1.29 is 19.3 Å². The Labute approximate surface area is 162 Å². The van der Waals surface area contributed by atoms with Gasteiger partial charge in [0, 0.05) is 19.1 Å². The number of hydrogen-bond donors (Lipinski definition) is 1. The zero-order valence-electron chi connectivity index (χ0n) is 17.0. The number of hydrogen-bond acceptors (Lipinski definition) is 5. The van der Waals surface area contributed by atoms with Crippen molar-refractivity contribution in [3.05, 3.63) is 23.3 Å². The molecule has 27 heavy (non-hydrogen) atoms. The Kier molecular flexibility index (Phi) is 5.12. The third-order valence-corrected chi connectivity index (χ3v) is 5.88. The lowest BCUT2D eigenvalue weighted by molar-refractivity contribution is -0.149. The minimum atomic E-state index is -0.451. The van der Waals surface area contributed by atoms with Gasteiger partial charge in [0.05, 0.1) is 31.5 Å². The first-order valence-electron chi connectivity index (χ1n) is 10.3. The lowest BCUT2D eigenvalue weighted by Gasteiger charge is -2.46. The summed E-state index contributed by atoms with van der Waals surface area (Å²) >= 11 is 0. The molecule has 1 aliphatic carbocycles. The summed E-state index contributed by atoms with van der Waals surface area (Å²) < 4.78 is 17.8. The van der Waals surface area contributed by atoms with Gasteiger partial charge in [-0.15, -0.1) is 0 Å². The number of aliphatic hydroxyl groups excluding tert-OH is 1. The van der Waals surface area contributed by atoms with Crippen LogP contribution in [0.5, 0.6) is 11.5 Å². The molecule has 3 unspecified atom stereocenters. The Balaban J connectivity index is 1.54. The fourth-order valence-corrected chi connectivity index (χ4v) is 4.32.